The number of alkyl halides is 3. The van der Waals surface area contributed by atoms with Crippen molar-refractivity contribution in [2.24, 2.45) is 0 Å². The SMILES string of the molecule is O=C(NCCc1ccccc1)c1cccc(Nc2ccnc3cc(C(F)(F)F)ccc23)c1. The minimum atomic E-state index is -4.43. The number of aromatic nitrogens is 1. The van der Waals surface area contributed by atoms with Crippen LogP contribution in [0.5, 0.6) is 0 Å². The number of benzene rings is 3. The van der Waals surface area contributed by atoms with Gasteiger partial charge in [0.15, 0.2) is 0 Å². The fraction of sp³-hybridized carbons (Fsp3) is 0.120. The van der Waals surface area contributed by atoms with E-state index in [1.807, 2.05) is 30.3 Å². The van der Waals surface area contributed by atoms with Crippen molar-refractivity contribution in [3.8, 4) is 0 Å². The molecule has 4 nitrogen and oxygen atoms in total. The molecule has 0 aliphatic carbocycles. The van der Waals surface area contributed by atoms with Crippen molar-refractivity contribution in [3.63, 3.8) is 0 Å². The smallest absolute Gasteiger partial charge is 0.355 e. The van der Waals surface area contributed by atoms with Crippen LogP contribution in [0, 0.1) is 0 Å². The first-order valence-electron chi connectivity index (χ1n) is 10.1. The second kappa shape index (κ2) is 9.09. The number of hydrogen-bond donors (Lipinski definition) is 2. The second-order valence-corrected chi connectivity index (χ2v) is 7.29. The van der Waals surface area contributed by atoms with E-state index >= 15 is 0 Å². The van der Waals surface area contributed by atoms with Crippen molar-refractivity contribution in [1.29, 1.82) is 0 Å². The summed E-state index contributed by atoms with van der Waals surface area (Å²) in [6.07, 6.45) is -2.25. The monoisotopic (exact) mass is 435 g/mol. The highest BCUT2D eigenvalue weighted by molar-refractivity contribution is 5.96. The molecule has 0 spiro atoms. The van der Waals surface area contributed by atoms with Gasteiger partial charge in [-0.2, -0.15) is 13.2 Å². The van der Waals surface area contributed by atoms with E-state index in [1.54, 1.807) is 30.3 Å². The van der Waals surface area contributed by atoms with Gasteiger partial charge in [0.1, 0.15) is 0 Å². The van der Waals surface area contributed by atoms with Crippen LogP contribution in [0.25, 0.3) is 10.9 Å². The predicted octanol–water partition coefficient (Wildman–Crippen LogP) is 5.97. The lowest BCUT2D eigenvalue weighted by molar-refractivity contribution is -0.137. The van der Waals surface area contributed by atoms with Crippen LogP contribution in [-0.4, -0.2) is 17.4 Å². The van der Waals surface area contributed by atoms with Crippen LogP contribution in [-0.2, 0) is 12.6 Å². The van der Waals surface area contributed by atoms with Gasteiger partial charge < -0.3 is 10.6 Å². The first-order valence-corrected chi connectivity index (χ1v) is 10.1. The fourth-order valence-corrected chi connectivity index (χ4v) is 3.39. The number of nitrogens with zero attached hydrogens (tertiary/aromatic N) is 1. The number of amides is 1. The summed E-state index contributed by atoms with van der Waals surface area (Å²) in [4.78, 5) is 16.6. The van der Waals surface area contributed by atoms with E-state index < -0.39 is 11.7 Å². The molecule has 4 aromatic rings. The third kappa shape index (κ3) is 5.06. The zero-order valence-corrected chi connectivity index (χ0v) is 17.0. The number of carbonyl (C=O) groups is 1. The second-order valence-electron chi connectivity index (χ2n) is 7.29. The van der Waals surface area contributed by atoms with Gasteiger partial charge in [0.05, 0.1) is 11.1 Å². The lowest BCUT2D eigenvalue weighted by atomic mass is 10.1. The Bertz CT molecular complexity index is 1240. The number of halogens is 3. The Morgan fingerprint density at radius 2 is 1.72 bits per heavy atom. The first-order chi connectivity index (χ1) is 15.4. The predicted molar refractivity (Wildman–Crippen MR) is 119 cm³/mol. The topological polar surface area (TPSA) is 54.0 Å². The molecule has 32 heavy (non-hydrogen) atoms. The molecular weight excluding hydrogens is 415 g/mol. The van der Waals surface area contributed by atoms with E-state index in [2.05, 4.69) is 15.6 Å². The Morgan fingerprint density at radius 3 is 2.50 bits per heavy atom. The van der Waals surface area contributed by atoms with Crippen molar-refractivity contribution in [1.82, 2.24) is 10.3 Å². The standard InChI is InChI=1S/C25H20F3N3O/c26-25(27,28)19-9-10-21-22(12-14-29-23(21)16-19)31-20-8-4-7-18(15-20)24(32)30-13-11-17-5-2-1-3-6-17/h1-10,12,14-16H,11,13H2,(H,29,31)(H,30,32). The molecule has 0 atom stereocenters. The maximum atomic E-state index is 13.0. The summed E-state index contributed by atoms with van der Waals surface area (Å²) in [5.74, 6) is -0.195. The average molecular weight is 435 g/mol. The summed E-state index contributed by atoms with van der Waals surface area (Å²) in [6, 6.07) is 22.0. The van der Waals surface area contributed by atoms with Crippen molar-refractivity contribution in [2.75, 3.05) is 11.9 Å². The Kier molecular flexibility index (Phi) is 6.07. The summed E-state index contributed by atoms with van der Waals surface area (Å²) in [7, 11) is 0. The minimum Gasteiger partial charge on any atom is -0.355 e. The molecule has 0 fully saturated rings. The molecule has 0 saturated heterocycles. The molecule has 0 saturated carbocycles. The third-order valence-corrected chi connectivity index (χ3v) is 5.02. The highest BCUT2D eigenvalue weighted by Gasteiger charge is 2.30. The first kappa shape index (κ1) is 21.4. The van der Waals surface area contributed by atoms with Crippen LogP contribution in [0.1, 0.15) is 21.5 Å². The van der Waals surface area contributed by atoms with E-state index in [0.717, 1.165) is 24.1 Å². The van der Waals surface area contributed by atoms with Gasteiger partial charge in [-0.3, -0.25) is 9.78 Å². The van der Waals surface area contributed by atoms with Crippen LogP contribution in [0.4, 0.5) is 24.5 Å². The molecule has 0 aliphatic rings. The summed E-state index contributed by atoms with van der Waals surface area (Å²) in [6.45, 7) is 0.511. The Morgan fingerprint density at radius 1 is 0.906 bits per heavy atom. The molecular formula is C25H20F3N3O. The van der Waals surface area contributed by atoms with Crippen LogP contribution in [0.3, 0.4) is 0 Å². The van der Waals surface area contributed by atoms with Gasteiger partial charge in [-0.1, -0.05) is 42.5 Å². The van der Waals surface area contributed by atoms with Gasteiger partial charge in [0, 0.05) is 35.1 Å². The molecule has 0 aliphatic heterocycles. The van der Waals surface area contributed by atoms with Gasteiger partial charge in [0.2, 0.25) is 0 Å². The van der Waals surface area contributed by atoms with E-state index in [-0.39, 0.29) is 11.4 Å². The van der Waals surface area contributed by atoms with Crippen molar-refractivity contribution >= 4 is 28.2 Å². The van der Waals surface area contributed by atoms with Crippen molar-refractivity contribution in [3.05, 3.63) is 102 Å². The minimum absolute atomic E-state index is 0.195. The number of nitrogens with one attached hydrogen (secondary N) is 2. The zero-order valence-electron chi connectivity index (χ0n) is 17.0. The highest BCUT2D eigenvalue weighted by Crippen LogP contribution is 2.33. The summed E-state index contributed by atoms with van der Waals surface area (Å²) in [5, 5.41) is 6.64. The van der Waals surface area contributed by atoms with Gasteiger partial charge in [-0.15, -0.1) is 0 Å². The number of carbonyl (C=O) groups excluding carboxylic acids is 1. The lowest BCUT2D eigenvalue weighted by Gasteiger charge is -2.12. The number of anilines is 2. The molecule has 0 unspecified atom stereocenters. The van der Waals surface area contributed by atoms with E-state index in [9.17, 15) is 18.0 Å². The lowest BCUT2D eigenvalue weighted by Crippen LogP contribution is -2.25. The van der Waals surface area contributed by atoms with Crippen molar-refractivity contribution < 1.29 is 18.0 Å². The number of pyridine rings is 1. The Balaban J connectivity index is 1.48. The maximum Gasteiger partial charge on any atom is 0.416 e. The number of rotatable bonds is 6. The molecule has 1 aromatic heterocycles. The number of fused-ring (bicyclic) bond motifs is 1. The summed E-state index contributed by atoms with van der Waals surface area (Å²) < 4.78 is 39.0. The van der Waals surface area contributed by atoms with E-state index in [0.29, 0.717) is 28.9 Å². The zero-order chi connectivity index (χ0) is 22.6. The van der Waals surface area contributed by atoms with Crippen LogP contribution < -0.4 is 10.6 Å². The quantitative estimate of drug-likeness (QED) is 0.392. The van der Waals surface area contributed by atoms with Crippen LogP contribution in [0.15, 0.2) is 85.1 Å². The van der Waals surface area contributed by atoms with Gasteiger partial charge >= 0.3 is 6.18 Å². The van der Waals surface area contributed by atoms with Crippen LogP contribution in [0.2, 0.25) is 0 Å². The normalized spacial score (nSPS) is 11.3. The molecule has 4 rings (SSSR count). The van der Waals surface area contributed by atoms with E-state index in [1.165, 1.54) is 12.3 Å². The maximum absolute atomic E-state index is 13.0. The molecule has 1 heterocycles. The summed E-state index contributed by atoms with van der Waals surface area (Å²) in [5.41, 5.74) is 2.36. The van der Waals surface area contributed by atoms with Gasteiger partial charge in [0.25, 0.3) is 5.91 Å². The van der Waals surface area contributed by atoms with Gasteiger partial charge in [-0.25, -0.2) is 0 Å². The highest BCUT2D eigenvalue weighted by atomic mass is 19.4. The summed E-state index contributed by atoms with van der Waals surface area (Å²) >= 11 is 0. The molecule has 7 heteroatoms. The Hall–Kier alpha value is -3.87. The van der Waals surface area contributed by atoms with Crippen LogP contribution >= 0.6 is 0 Å². The molecule has 0 bridgehead atoms. The molecule has 3 aromatic carbocycles. The third-order valence-electron chi connectivity index (χ3n) is 5.02. The number of hydrogen-bond acceptors (Lipinski definition) is 3. The fourth-order valence-electron chi connectivity index (χ4n) is 3.39. The average Bonchev–Trinajstić information content (AvgIpc) is 2.79. The largest absolute Gasteiger partial charge is 0.416 e. The molecule has 2 N–H and O–H groups in total. The van der Waals surface area contributed by atoms with Gasteiger partial charge in [-0.05, 0) is 48.4 Å². The Labute approximate surface area is 183 Å². The molecule has 1 amide bonds. The molecule has 162 valence electrons. The molecule has 0 radical (unpaired) electrons. The van der Waals surface area contributed by atoms with Crippen molar-refractivity contribution in [2.45, 2.75) is 12.6 Å². The van der Waals surface area contributed by atoms with E-state index in [4.69, 9.17) is 0 Å².